The highest BCUT2D eigenvalue weighted by Gasteiger charge is 2.41. The predicted octanol–water partition coefficient (Wildman–Crippen LogP) is 3.01. The standard InChI is InChI=1S/C15H30N2/c1-11(2)12-6-7-13(16)14(10-12)17-9-5-8-15(17,3)4/h11-14H,5-10,16H2,1-4H3. The van der Waals surface area contributed by atoms with Crippen molar-refractivity contribution in [2.45, 2.75) is 77.4 Å². The van der Waals surface area contributed by atoms with E-state index in [0.29, 0.717) is 17.6 Å². The summed E-state index contributed by atoms with van der Waals surface area (Å²) in [6, 6.07) is 1.04. The lowest BCUT2D eigenvalue weighted by molar-refractivity contribution is 0.0505. The van der Waals surface area contributed by atoms with Crippen molar-refractivity contribution in [3.05, 3.63) is 0 Å². The van der Waals surface area contributed by atoms with E-state index in [9.17, 15) is 0 Å². The van der Waals surface area contributed by atoms with Crippen LogP contribution in [0.5, 0.6) is 0 Å². The molecule has 1 saturated heterocycles. The zero-order valence-corrected chi connectivity index (χ0v) is 12.1. The highest BCUT2D eigenvalue weighted by molar-refractivity contribution is 4.98. The fourth-order valence-electron chi connectivity index (χ4n) is 3.91. The van der Waals surface area contributed by atoms with Gasteiger partial charge in [0, 0.05) is 17.6 Å². The van der Waals surface area contributed by atoms with Crippen LogP contribution in [-0.4, -0.2) is 29.1 Å². The van der Waals surface area contributed by atoms with E-state index in [-0.39, 0.29) is 0 Å². The molecule has 0 bridgehead atoms. The number of likely N-dealkylation sites (tertiary alicyclic amines) is 1. The lowest BCUT2D eigenvalue weighted by atomic mass is 9.76. The van der Waals surface area contributed by atoms with Gasteiger partial charge in [-0.25, -0.2) is 0 Å². The molecule has 17 heavy (non-hydrogen) atoms. The minimum atomic E-state index is 0.376. The number of nitrogens with zero attached hydrogens (tertiary/aromatic N) is 1. The Morgan fingerprint density at radius 3 is 2.47 bits per heavy atom. The normalized spacial score (nSPS) is 38.8. The van der Waals surface area contributed by atoms with Crippen LogP contribution in [-0.2, 0) is 0 Å². The van der Waals surface area contributed by atoms with Crippen LogP contribution >= 0.6 is 0 Å². The number of rotatable bonds is 2. The van der Waals surface area contributed by atoms with Crippen molar-refractivity contribution in [1.29, 1.82) is 0 Å². The molecule has 2 aliphatic rings. The van der Waals surface area contributed by atoms with Crippen LogP contribution in [0.25, 0.3) is 0 Å². The van der Waals surface area contributed by atoms with Crippen LogP contribution in [0, 0.1) is 11.8 Å². The Hall–Kier alpha value is -0.0800. The third-order valence-corrected chi connectivity index (χ3v) is 5.22. The fourth-order valence-corrected chi connectivity index (χ4v) is 3.91. The molecular weight excluding hydrogens is 208 g/mol. The molecule has 0 aromatic carbocycles. The summed E-state index contributed by atoms with van der Waals surface area (Å²) in [7, 11) is 0. The molecule has 0 aromatic rings. The third-order valence-electron chi connectivity index (χ3n) is 5.22. The number of nitrogens with two attached hydrogens (primary N) is 1. The van der Waals surface area contributed by atoms with Gasteiger partial charge in [0.2, 0.25) is 0 Å². The smallest absolute Gasteiger partial charge is 0.0255 e. The molecule has 1 aliphatic carbocycles. The van der Waals surface area contributed by atoms with Crippen LogP contribution in [0.4, 0.5) is 0 Å². The van der Waals surface area contributed by atoms with Gasteiger partial charge in [-0.3, -0.25) is 4.90 Å². The van der Waals surface area contributed by atoms with E-state index in [1.807, 2.05) is 0 Å². The molecule has 1 aliphatic heterocycles. The predicted molar refractivity (Wildman–Crippen MR) is 74.0 cm³/mol. The Balaban J connectivity index is 2.07. The van der Waals surface area contributed by atoms with Gasteiger partial charge in [-0.1, -0.05) is 13.8 Å². The van der Waals surface area contributed by atoms with Gasteiger partial charge in [-0.2, -0.15) is 0 Å². The first-order valence-electron chi connectivity index (χ1n) is 7.44. The van der Waals surface area contributed by atoms with E-state index in [0.717, 1.165) is 11.8 Å². The third kappa shape index (κ3) is 2.68. The van der Waals surface area contributed by atoms with Gasteiger partial charge >= 0.3 is 0 Å². The largest absolute Gasteiger partial charge is 0.326 e. The number of hydrogen-bond acceptors (Lipinski definition) is 2. The van der Waals surface area contributed by atoms with E-state index >= 15 is 0 Å². The van der Waals surface area contributed by atoms with Crippen molar-refractivity contribution in [2.24, 2.45) is 17.6 Å². The maximum atomic E-state index is 6.40. The topological polar surface area (TPSA) is 29.3 Å². The second-order valence-corrected chi connectivity index (χ2v) is 7.16. The molecule has 2 rings (SSSR count). The molecule has 0 radical (unpaired) electrons. The lowest BCUT2D eigenvalue weighted by Crippen LogP contribution is -2.56. The molecule has 3 atom stereocenters. The van der Waals surface area contributed by atoms with Gasteiger partial charge < -0.3 is 5.73 Å². The fraction of sp³-hybridized carbons (Fsp3) is 1.00. The van der Waals surface area contributed by atoms with Crippen LogP contribution in [0.3, 0.4) is 0 Å². The maximum Gasteiger partial charge on any atom is 0.0255 e. The summed E-state index contributed by atoms with van der Waals surface area (Å²) in [5.41, 5.74) is 6.78. The van der Waals surface area contributed by atoms with Crippen molar-refractivity contribution >= 4 is 0 Å². The highest BCUT2D eigenvalue weighted by Crippen LogP contribution is 2.38. The molecule has 0 aromatic heterocycles. The zero-order valence-electron chi connectivity index (χ0n) is 12.1. The van der Waals surface area contributed by atoms with Gasteiger partial charge in [0.25, 0.3) is 0 Å². The zero-order chi connectivity index (χ0) is 12.6. The average Bonchev–Trinajstić information content (AvgIpc) is 2.58. The van der Waals surface area contributed by atoms with E-state index in [1.165, 1.54) is 38.6 Å². The summed E-state index contributed by atoms with van der Waals surface area (Å²) in [6.07, 6.45) is 6.57. The van der Waals surface area contributed by atoms with Crippen LogP contribution < -0.4 is 5.73 Å². The molecule has 1 heterocycles. The van der Waals surface area contributed by atoms with Crippen molar-refractivity contribution in [2.75, 3.05) is 6.54 Å². The second-order valence-electron chi connectivity index (χ2n) is 7.16. The second kappa shape index (κ2) is 4.89. The van der Waals surface area contributed by atoms with Gasteiger partial charge in [-0.05, 0) is 64.3 Å². The van der Waals surface area contributed by atoms with Gasteiger partial charge in [0.05, 0.1) is 0 Å². The average molecular weight is 238 g/mol. The molecular formula is C15H30N2. The number of hydrogen-bond donors (Lipinski definition) is 1. The Morgan fingerprint density at radius 2 is 1.94 bits per heavy atom. The van der Waals surface area contributed by atoms with Gasteiger partial charge in [0.1, 0.15) is 0 Å². The van der Waals surface area contributed by atoms with Gasteiger partial charge in [0.15, 0.2) is 0 Å². The van der Waals surface area contributed by atoms with E-state index < -0.39 is 0 Å². The van der Waals surface area contributed by atoms with Crippen molar-refractivity contribution < 1.29 is 0 Å². The molecule has 1 saturated carbocycles. The summed E-state index contributed by atoms with van der Waals surface area (Å²) >= 11 is 0. The quantitative estimate of drug-likeness (QED) is 0.801. The summed E-state index contributed by atoms with van der Waals surface area (Å²) in [5, 5.41) is 0. The molecule has 100 valence electrons. The van der Waals surface area contributed by atoms with E-state index in [2.05, 4.69) is 32.6 Å². The lowest BCUT2D eigenvalue weighted by Gasteiger charge is -2.46. The molecule has 2 N–H and O–H groups in total. The molecule has 0 spiro atoms. The van der Waals surface area contributed by atoms with E-state index in [4.69, 9.17) is 5.73 Å². The molecule has 2 heteroatoms. The molecule has 0 amide bonds. The maximum absolute atomic E-state index is 6.40. The monoisotopic (exact) mass is 238 g/mol. The Labute approximate surface area is 107 Å². The van der Waals surface area contributed by atoms with Crippen molar-refractivity contribution in [3.63, 3.8) is 0 Å². The SMILES string of the molecule is CC(C)C1CCC(N)C(N2CCCC2(C)C)C1. The molecule has 3 unspecified atom stereocenters. The first kappa shape index (κ1) is 13.4. The Kier molecular flexibility index (Phi) is 3.84. The van der Waals surface area contributed by atoms with Crippen LogP contribution in [0.1, 0.15) is 59.8 Å². The first-order valence-corrected chi connectivity index (χ1v) is 7.44. The minimum Gasteiger partial charge on any atom is -0.326 e. The molecule has 2 fully saturated rings. The Bertz CT molecular complexity index is 260. The molecule has 2 nitrogen and oxygen atoms in total. The summed E-state index contributed by atoms with van der Waals surface area (Å²) in [4.78, 5) is 2.71. The van der Waals surface area contributed by atoms with Gasteiger partial charge in [-0.15, -0.1) is 0 Å². The van der Waals surface area contributed by atoms with Crippen molar-refractivity contribution in [3.8, 4) is 0 Å². The highest BCUT2D eigenvalue weighted by atomic mass is 15.2. The summed E-state index contributed by atoms with van der Waals surface area (Å²) < 4.78 is 0. The Morgan fingerprint density at radius 1 is 1.24 bits per heavy atom. The van der Waals surface area contributed by atoms with Crippen molar-refractivity contribution in [1.82, 2.24) is 4.90 Å². The summed E-state index contributed by atoms with van der Waals surface area (Å²) in [6.45, 7) is 10.8. The minimum absolute atomic E-state index is 0.376. The van der Waals surface area contributed by atoms with E-state index in [1.54, 1.807) is 0 Å². The van der Waals surface area contributed by atoms with Crippen LogP contribution in [0.2, 0.25) is 0 Å². The summed E-state index contributed by atoms with van der Waals surface area (Å²) in [5.74, 6) is 1.70. The first-order chi connectivity index (χ1) is 7.92. The van der Waals surface area contributed by atoms with Crippen LogP contribution in [0.15, 0.2) is 0 Å².